The van der Waals surface area contributed by atoms with Crippen LogP contribution in [0.15, 0.2) is 24.3 Å². The second-order valence-corrected chi connectivity index (χ2v) is 7.49. The first-order valence-corrected chi connectivity index (χ1v) is 9.88. The third-order valence-corrected chi connectivity index (χ3v) is 4.49. The van der Waals surface area contributed by atoms with E-state index >= 15 is 0 Å². The van der Waals surface area contributed by atoms with Gasteiger partial charge in [0.25, 0.3) is 5.91 Å². The normalized spacial score (nSPS) is 16.0. The van der Waals surface area contributed by atoms with E-state index in [1.165, 1.54) is 0 Å². The molecule has 1 aliphatic rings. The number of likely N-dealkylation sites (tertiary alicyclic amines) is 1. The Morgan fingerprint density at radius 1 is 1.21 bits per heavy atom. The minimum Gasteiger partial charge on any atom is -0.490 e. The van der Waals surface area contributed by atoms with E-state index in [0.29, 0.717) is 44.0 Å². The molecular weight excluding hydrogens is 332 g/mol. The van der Waals surface area contributed by atoms with Gasteiger partial charge in [-0.1, -0.05) is 12.1 Å². The van der Waals surface area contributed by atoms with Gasteiger partial charge in [-0.2, -0.15) is 0 Å². The van der Waals surface area contributed by atoms with Crippen LogP contribution in [0.25, 0.3) is 0 Å². The lowest BCUT2D eigenvalue weighted by Crippen LogP contribution is -2.47. The van der Waals surface area contributed by atoms with Gasteiger partial charge in [-0.15, -0.1) is 0 Å². The quantitative estimate of drug-likeness (QED) is 0.788. The van der Waals surface area contributed by atoms with Crippen LogP contribution in [0.3, 0.4) is 0 Å². The number of ether oxygens (including phenoxy) is 2. The fraction of sp³-hybridized carbons (Fsp3) is 0.562. The largest absolute Gasteiger partial charge is 0.490 e. The average Bonchev–Trinajstić information content (AvgIpc) is 2.53. The summed E-state index contributed by atoms with van der Waals surface area (Å²) in [4.78, 5) is 14.0. The van der Waals surface area contributed by atoms with Crippen molar-refractivity contribution < 1.29 is 22.7 Å². The van der Waals surface area contributed by atoms with E-state index in [2.05, 4.69) is 4.72 Å². The van der Waals surface area contributed by atoms with Gasteiger partial charge in [0.05, 0.1) is 12.9 Å². The Labute approximate surface area is 143 Å². The summed E-state index contributed by atoms with van der Waals surface area (Å²) in [6, 6.07) is 7.12. The number of nitrogens with one attached hydrogen (secondary N) is 1. The summed E-state index contributed by atoms with van der Waals surface area (Å²) < 4.78 is 36.1. The number of para-hydroxylation sites is 2. The second-order valence-electron chi connectivity index (χ2n) is 5.71. The Hall–Kier alpha value is -1.80. The fourth-order valence-electron chi connectivity index (χ4n) is 2.62. The highest BCUT2D eigenvalue weighted by molar-refractivity contribution is 7.88. The molecule has 1 saturated heterocycles. The third-order valence-electron chi connectivity index (χ3n) is 3.73. The third kappa shape index (κ3) is 5.68. The van der Waals surface area contributed by atoms with Gasteiger partial charge in [-0.3, -0.25) is 4.79 Å². The Morgan fingerprint density at radius 2 is 1.79 bits per heavy atom. The maximum Gasteiger partial charge on any atom is 0.260 e. The Balaban J connectivity index is 1.82. The van der Waals surface area contributed by atoms with Crippen molar-refractivity contribution >= 4 is 15.9 Å². The molecule has 0 bridgehead atoms. The molecule has 1 aromatic carbocycles. The number of piperidine rings is 1. The van der Waals surface area contributed by atoms with Crippen molar-refractivity contribution in [2.24, 2.45) is 0 Å². The van der Waals surface area contributed by atoms with Crippen LogP contribution in [0.4, 0.5) is 0 Å². The number of nitrogens with zero attached hydrogens (tertiary/aromatic N) is 1. The van der Waals surface area contributed by atoms with Gasteiger partial charge in [0.15, 0.2) is 18.1 Å². The predicted octanol–water partition coefficient (Wildman–Crippen LogP) is 1.00. The molecule has 1 heterocycles. The van der Waals surface area contributed by atoms with Crippen molar-refractivity contribution in [2.75, 3.05) is 32.6 Å². The zero-order chi connectivity index (χ0) is 17.6. The Bertz CT molecular complexity index is 654. The van der Waals surface area contributed by atoms with E-state index < -0.39 is 10.0 Å². The number of hydrogen-bond acceptors (Lipinski definition) is 5. The molecule has 0 aromatic heterocycles. The maximum absolute atomic E-state index is 12.3. The van der Waals surface area contributed by atoms with Crippen molar-refractivity contribution in [1.82, 2.24) is 9.62 Å². The molecule has 1 aromatic rings. The molecule has 24 heavy (non-hydrogen) atoms. The van der Waals surface area contributed by atoms with Crippen LogP contribution in [-0.2, 0) is 14.8 Å². The average molecular weight is 356 g/mol. The SMILES string of the molecule is CCOc1ccccc1OCC(=O)N1CCC(NS(C)(=O)=O)CC1. The maximum atomic E-state index is 12.3. The first kappa shape index (κ1) is 18.5. The first-order chi connectivity index (χ1) is 11.4. The summed E-state index contributed by atoms with van der Waals surface area (Å²) in [6.45, 7) is 3.38. The van der Waals surface area contributed by atoms with Gasteiger partial charge in [-0.05, 0) is 31.9 Å². The summed E-state index contributed by atoms with van der Waals surface area (Å²) >= 11 is 0. The van der Waals surface area contributed by atoms with E-state index in [1.54, 1.807) is 17.0 Å². The number of hydrogen-bond donors (Lipinski definition) is 1. The molecule has 0 radical (unpaired) electrons. The molecule has 8 heteroatoms. The Kier molecular flexibility index (Phi) is 6.44. The zero-order valence-corrected chi connectivity index (χ0v) is 14.8. The first-order valence-electron chi connectivity index (χ1n) is 7.98. The summed E-state index contributed by atoms with van der Waals surface area (Å²) in [5.74, 6) is 1.05. The van der Waals surface area contributed by atoms with Gasteiger partial charge in [0.2, 0.25) is 10.0 Å². The highest BCUT2D eigenvalue weighted by Gasteiger charge is 2.24. The summed E-state index contributed by atoms with van der Waals surface area (Å²) in [5, 5.41) is 0. The van der Waals surface area contributed by atoms with Gasteiger partial charge in [0, 0.05) is 19.1 Å². The van der Waals surface area contributed by atoms with Gasteiger partial charge >= 0.3 is 0 Å². The van der Waals surface area contributed by atoms with E-state index in [4.69, 9.17) is 9.47 Å². The van der Waals surface area contributed by atoms with Crippen molar-refractivity contribution in [2.45, 2.75) is 25.8 Å². The second kappa shape index (κ2) is 8.34. The van der Waals surface area contributed by atoms with Crippen LogP contribution in [0, 0.1) is 0 Å². The molecule has 0 aliphatic carbocycles. The van der Waals surface area contributed by atoms with E-state index in [-0.39, 0.29) is 18.6 Å². The van der Waals surface area contributed by atoms with Crippen LogP contribution in [0.5, 0.6) is 11.5 Å². The van der Waals surface area contributed by atoms with E-state index in [1.807, 2.05) is 19.1 Å². The highest BCUT2D eigenvalue weighted by atomic mass is 32.2. The molecule has 7 nitrogen and oxygen atoms in total. The van der Waals surface area contributed by atoms with Crippen molar-refractivity contribution in [1.29, 1.82) is 0 Å². The molecule has 1 amide bonds. The smallest absolute Gasteiger partial charge is 0.260 e. The zero-order valence-electron chi connectivity index (χ0n) is 14.0. The molecule has 0 saturated carbocycles. The molecule has 1 N–H and O–H groups in total. The lowest BCUT2D eigenvalue weighted by Gasteiger charge is -2.32. The summed E-state index contributed by atoms with van der Waals surface area (Å²) in [5.41, 5.74) is 0. The monoisotopic (exact) mass is 356 g/mol. The Morgan fingerprint density at radius 3 is 2.33 bits per heavy atom. The van der Waals surface area contributed by atoms with Crippen molar-refractivity contribution in [3.05, 3.63) is 24.3 Å². The molecule has 0 atom stereocenters. The number of rotatable bonds is 7. The van der Waals surface area contributed by atoms with Crippen molar-refractivity contribution in [3.63, 3.8) is 0 Å². The highest BCUT2D eigenvalue weighted by Crippen LogP contribution is 2.26. The number of carbonyl (C=O) groups excluding carboxylic acids is 1. The van der Waals surface area contributed by atoms with Crippen molar-refractivity contribution in [3.8, 4) is 11.5 Å². The molecule has 2 rings (SSSR count). The van der Waals surface area contributed by atoms with Gasteiger partial charge in [0.1, 0.15) is 0 Å². The summed E-state index contributed by atoms with van der Waals surface area (Å²) in [7, 11) is -3.21. The molecule has 0 spiro atoms. The molecule has 0 unspecified atom stereocenters. The van der Waals surface area contributed by atoms with Crippen LogP contribution in [-0.4, -0.2) is 57.8 Å². The summed E-state index contributed by atoms with van der Waals surface area (Å²) in [6.07, 6.45) is 2.36. The van der Waals surface area contributed by atoms with Crippen LogP contribution in [0.1, 0.15) is 19.8 Å². The topological polar surface area (TPSA) is 84.9 Å². The number of amides is 1. The number of benzene rings is 1. The number of carbonyl (C=O) groups is 1. The minimum absolute atomic E-state index is 0.0613. The molecular formula is C16H24N2O5S. The molecule has 1 fully saturated rings. The van der Waals surface area contributed by atoms with E-state index in [9.17, 15) is 13.2 Å². The van der Waals surface area contributed by atoms with E-state index in [0.717, 1.165) is 6.26 Å². The van der Waals surface area contributed by atoms with Crippen LogP contribution in [0.2, 0.25) is 0 Å². The minimum atomic E-state index is -3.21. The predicted molar refractivity (Wildman–Crippen MR) is 90.7 cm³/mol. The van der Waals surface area contributed by atoms with Crippen LogP contribution < -0.4 is 14.2 Å². The van der Waals surface area contributed by atoms with Crippen LogP contribution >= 0.6 is 0 Å². The lowest BCUT2D eigenvalue weighted by atomic mass is 10.1. The number of sulfonamides is 1. The van der Waals surface area contributed by atoms with Gasteiger partial charge in [-0.25, -0.2) is 13.1 Å². The van der Waals surface area contributed by atoms with Gasteiger partial charge < -0.3 is 14.4 Å². The fourth-order valence-corrected chi connectivity index (χ4v) is 3.47. The standard InChI is InChI=1S/C16H24N2O5S/c1-3-22-14-6-4-5-7-15(14)23-12-16(19)18-10-8-13(9-11-18)17-24(2,20)21/h4-7,13,17H,3,8-12H2,1-2H3. The lowest BCUT2D eigenvalue weighted by molar-refractivity contribution is -0.134. The molecule has 134 valence electrons. The molecule has 1 aliphatic heterocycles.